The molecule has 0 radical (unpaired) electrons. The number of piperazine rings is 1. The van der Waals surface area contributed by atoms with Crippen LogP contribution in [0.25, 0.3) is 0 Å². The highest BCUT2D eigenvalue weighted by molar-refractivity contribution is 6.36. The van der Waals surface area contributed by atoms with Crippen LogP contribution in [0.3, 0.4) is 0 Å². The van der Waals surface area contributed by atoms with Crippen molar-refractivity contribution in [2.75, 3.05) is 26.2 Å². The van der Waals surface area contributed by atoms with Crippen molar-refractivity contribution in [3.8, 4) is 5.75 Å². The maximum absolute atomic E-state index is 12.9. The summed E-state index contributed by atoms with van der Waals surface area (Å²) in [5.41, 5.74) is 6.48. The van der Waals surface area contributed by atoms with E-state index >= 15 is 0 Å². The van der Waals surface area contributed by atoms with Crippen molar-refractivity contribution in [1.82, 2.24) is 9.80 Å². The Morgan fingerprint density at radius 3 is 2.43 bits per heavy atom. The standard InChI is InChI=1S/C24H26Cl2N4O5/c25-16-5-8-18(19(26)13-16)20(14-21(31)32)30-11-10-29(23(33)24(30)34)9-1-2-12-35-17-6-3-15(4-7-17)22(27)28/h3-8,13,20H,1-2,9-12,14H2,(H3,27,28)(H,31,32). The lowest BCUT2D eigenvalue weighted by atomic mass is 10.0. The Balaban J connectivity index is 1.53. The molecular formula is C24H26Cl2N4O5. The molecule has 1 aliphatic heterocycles. The first-order chi connectivity index (χ1) is 16.7. The zero-order valence-electron chi connectivity index (χ0n) is 18.9. The highest BCUT2D eigenvalue weighted by atomic mass is 35.5. The van der Waals surface area contributed by atoms with Gasteiger partial charge in [-0.3, -0.25) is 19.8 Å². The van der Waals surface area contributed by atoms with Crippen molar-refractivity contribution >= 4 is 46.8 Å². The molecule has 35 heavy (non-hydrogen) atoms. The number of hydrogen-bond donors (Lipinski definition) is 3. The van der Waals surface area contributed by atoms with Gasteiger partial charge in [0.15, 0.2) is 0 Å². The minimum Gasteiger partial charge on any atom is -0.494 e. The lowest BCUT2D eigenvalue weighted by Gasteiger charge is -2.38. The van der Waals surface area contributed by atoms with E-state index in [1.165, 1.54) is 15.9 Å². The van der Waals surface area contributed by atoms with Crippen molar-refractivity contribution < 1.29 is 24.2 Å². The van der Waals surface area contributed by atoms with Gasteiger partial charge in [0.2, 0.25) is 0 Å². The number of amidine groups is 1. The van der Waals surface area contributed by atoms with Gasteiger partial charge in [0.1, 0.15) is 11.6 Å². The van der Waals surface area contributed by atoms with Crippen LogP contribution in [0.5, 0.6) is 5.75 Å². The molecule has 1 atom stereocenters. The topological polar surface area (TPSA) is 137 Å². The number of aliphatic carboxylic acids is 1. The average molecular weight is 521 g/mol. The van der Waals surface area contributed by atoms with Gasteiger partial charge < -0.3 is 25.4 Å². The molecule has 0 aromatic heterocycles. The maximum Gasteiger partial charge on any atom is 0.312 e. The van der Waals surface area contributed by atoms with Crippen molar-refractivity contribution in [1.29, 1.82) is 5.41 Å². The van der Waals surface area contributed by atoms with E-state index < -0.39 is 23.8 Å². The fraction of sp³-hybridized carbons (Fsp3) is 0.333. The van der Waals surface area contributed by atoms with E-state index in [1.807, 2.05) is 0 Å². The number of rotatable bonds is 11. The molecule has 4 N–H and O–H groups in total. The number of carboxylic acids is 1. The number of carboxylic acid groups (broad SMARTS) is 1. The molecule has 3 rings (SSSR count). The molecule has 1 fully saturated rings. The number of carbonyl (C=O) groups is 3. The van der Waals surface area contributed by atoms with Gasteiger partial charge in [-0.15, -0.1) is 0 Å². The van der Waals surface area contributed by atoms with Crippen LogP contribution in [-0.2, 0) is 14.4 Å². The molecule has 1 unspecified atom stereocenters. The van der Waals surface area contributed by atoms with Crippen molar-refractivity contribution in [2.45, 2.75) is 25.3 Å². The van der Waals surface area contributed by atoms with E-state index in [9.17, 15) is 19.5 Å². The number of unbranched alkanes of at least 4 members (excludes halogenated alkanes) is 1. The number of ether oxygens (including phenoxy) is 1. The molecule has 1 heterocycles. The second-order valence-electron chi connectivity index (χ2n) is 8.06. The quantitative estimate of drug-likeness (QED) is 0.180. The monoisotopic (exact) mass is 520 g/mol. The Labute approximate surface area is 212 Å². The first-order valence-corrected chi connectivity index (χ1v) is 11.8. The molecule has 0 spiro atoms. The minimum absolute atomic E-state index is 0.0126. The van der Waals surface area contributed by atoms with Crippen LogP contribution >= 0.6 is 23.2 Å². The van der Waals surface area contributed by atoms with Gasteiger partial charge in [-0.2, -0.15) is 0 Å². The summed E-state index contributed by atoms with van der Waals surface area (Å²) in [6.07, 6.45) is 0.912. The first-order valence-electron chi connectivity index (χ1n) is 11.0. The molecule has 1 saturated heterocycles. The highest BCUT2D eigenvalue weighted by Crippen LogP contribution is 2.33. The predicted octanol–water partition coefficient (Wildman–Crippen LogP) is 3.32. The molecule has 0 bridgehead atoms. The number of halogens is 2. The molecule has 2 aromatic rings. The van der Waals surface area contributed by atoms with Gasteiger partial charge in [-0.05, 0) is 54.8 Å². The van der Waals surface area contributed by atoms with Gasteiger partial charge in [-0.25, -0.2) is 0 Å². The van der Waals surface area contributed by atoms with Crippen LogP contribution < -0.4 is 10.5 Å². The SMILES string of the molecule is N=C(N)c1ccc(OCCCCN2CCN(C(CC(=O)O)c3ccc(Cl)cc3Cl)C(=O)C2=O)cc1. The number of nitrogen functional groups attached to an aromatic ring is 1. The second-order valence-corrected chi connectivity index (χ2v) is 8.91. The van der Waals surface area contributed by atoms with Crippen LogP contribution in [0.2, 0.25) is 10.0 Å². The van der Waals surface area contributed by atoms with Crippen LogP contribution in [0, 0.1) is 5.41 Å². The predicted molar refractivity (Wildman–Crippen MR) is 132 cm³/mol. The third-order valence-electron chi connectivity index (χ3n) is 5.66. The largest absolute Gasteiger partial charge is 0.494 e. The Morgan fingerprint density at radius 1 is 1.09 bits per heavy atom. The lowest BCUT2D eigenvalue weighted by Crippen LogP contribution is -2.55. The zero-order chi connectivity index (χ0) is 25.5. The van der Waals surface area contributed by atoms with Crippen molar-refractivity contribution in [3.05, 3.63) is 63.6 Å². The van der Waals surface area contributed by atoms with Gasteiger partial charge in [0.25, 0.3) is 0 Å². The van der Waals surface area contributed by atoms with E-state index in [2.05, 4.69) is 0 Å². The van der Waals surface area contributed by atoms with E-state index in [-0.39, 0.29) is 23.8 Å². The Hall–Kier alpha value is -3.30. The summed E-state index contributed by atoms with van der Waals surface area (Å²) in [7, 11) is 0. The number of nitrogens with zero attached hydrogens (tertiary/aromatic N) is 2. The second kappa shape index (κ2) is 11.9. The van der Waals surface area contributed by atoms with Crippen molar-refractivity contribution in [3.63, 3.8) is 0 Å². The number of nitrogens with two attached hydrogens (primary N) is 1. The fourth-order valence-corrected chi connectivity index (χ4v) is 4.39. The Morgan fingerprint density at radius 2 is 1.80 bits per heavy atom. The molecule has 1 aliphatic rings. The summed E-state index contributed by atoms with van der Waals surface area (Å²) in [4.78, 5) is 39.9. The molecular weight excluding hydrogens is 495 g/mol. The molecule has 2 amide bonds. The summed E-state index contributed by atoms with van der Waals surface area (Å²) in [6, 6.07) is 10.6. The number of hydrogen-bond acceptors (Lipinski definition) is 5. The van der Waals surface area contributed by atoms with E-state index in [4.69, 9.17) is 39.1 Å². The minimum atomic E-state index is -1.11. The first kappa shape index (κ1) is 26.3. The third-order valence-corrected chi connectivity index (χ3v) is 6.23. The molecule has 2 aromatic carbocycles. The molecule has 11 heteroatoms. The van der Waals surface area contributed by atoms with Gasteiger partial charge in [-0.1, -0.05) is 29.3 Å². The number of carbonyl (C=O) groups excluding carboxylic acids is 2. The summed E-state index contributed by atoms with van der Waals surface area (Å²) < 4.78 is 5.66. The Kier molecular flexibility index (Phi) is 8.95. The van der Waals surface area contributed by atoms with Gasteiger partial charge in [0.05, 0.1) is 19.1 Å². The molecule has 0 aliphatic carbocycles. The number of benzene rings is 2. The normalized spacial score (nSPS) is 14.7. The average Bonchev–Trinajstić information content (AvgIpc) is 2.81. The van der Waals surface area contributed by atoms with Gasteiger partial charge >= 0.3 is 17.8 Å². The fourth-order valence-electron chi connectivity index (χ4n) is 3.85. The van der Waals surface area contributed by atoms with Crippen LogP contribution in [0.4, 0.5) is 0 Å². The van der Waals surface area contributed by atoms with E-state index in [0.29, 0.717) is 54.4 Å². The van der Waals surface area contributed by atoms with E-state index in [0.717, 1.165) is 0 Å². The summed E-state index contributed by atoms with van der Waals surface area (Å²) in [6.45, 7) is 1.30. The summed E-state index contributed by atoms with van der Waals surface area (Å²) in [5, 5.41) is 17.4. The van der Waals surface area contributed by atoms with Crippen LogP contribution in [0.1, 0.15) is 36.4 Å². The molecule has 9 nitrogen and oxygen atoms in total. The molecule has 186 valence electrons. The highest BCUT2D eigenvalue weighted by Gasteiger charge is 2.38. The number of nitrogens with one attached hydrogen (secondary N) is 1. The summed E-state index contributed by atoms with van der Waals surface area (Å²) in [5.74, 6) is -1.89. The number of amides is 2. The smallest absolute Gasteiger partial charge is 0.312 e. The zero-order valence-corrected chi connectivity index (χ0v) is 20.4. The molecule has 0 saturated carbocycles. The van der Waals surface area contributed by atoms with Crippen LogP contribution in [0.15, 0.2) is 42.5 Å². The van der Waals surface area contributed by atoms with Crippen molar-refractivity contribution in [2.24, 2.45) is 5.73 Å². The van der Waals surface area contributed by atoms with Gasteiger partial charge in [0, 0.05) is 35.2 Å². The summed E-state index contributed by atoms with van der Waals surface area (Å²) >= 11 is 12.2. The van der Waals surface area contributed by atoms with E-state index in [1.54, 1.807) is 36.4 Å². The lowest BCUT2D eigenvalue weighted by molar-refractivity contribution is -0.159. The van der Waals surface area contributed by atoms with Crippen LogP contribution in [-0.4, -0.2) is 64.8 Å². The third kappa shape index (κ3) is 6.86. The Bertz CT molecular complexity index is 1110. The maximum atomic E-state index is 12.9.